The Morgan fingerprint density at radius 1 is 1.38 bits per heavy atom. The third-order valence-electron chi connectivity index (χ3n) is 4.90. The zero-order valence-corrected chi connectivity index (χ0v) is 16.0. The Balaban J connectivity index is 1.65. The van der Waals surface area contributed by atoms with Crippen LogP contribution in [0.2, 0.25) is 0 Å². The highest BCUT2D eigenvalue weighted by atomic mass is 79.9. The van der Waals surface area contributed by atoms with Crippen LogP contribution < -0.4 is 10.1 Å². The zero-order valence-electron chi connectivity index (χ0n) is 14.4. The van der Waals surface area contributed by atoms with Gasteiger partial charge in [-0.3, -0.25) is 4.79 Å². The van der Waals surface area contributed by atoms with Crippen molar-refractivity contribution in [3.05, 3.63) is 28.2 Å². The maximum absolute atomic E-state index is 12.8. The highest BCUT2D eigenvalue weighted by Crippen LogP contribution is 2.32. The first-order chi connectivity index (χ1) is 11.7. The van der Waals surface area contributed by atoms with Crippen molar-refractivity contribution in [1.82, 2.24) is 10.2 Å². The van der Waals surface area contributed by atoms with Gasteiger partial charge in [0.25, 0.3) is 0 Å². The van der Waals surface area contributed by atoms with Crippen LogP contribution in [-0.2, 0) is 11.3 Å². The first-order valence-electron chi connectivity index (χ1n) is 9.08. The van der Waals surface area contributed by atoms with Crippen molar-refractivity contribution < 1.29 is 9.53 Å². The Kier molecular flexibility index (Phi) is 6.17. The average Bonchev–Trinajstić information content (AvgIpc) is 3.27. The fourth-order valence-corrected chi connectivity index (χ4v) is 3.80. The first kappa shape index (κ1) is 17.7. The second-order valence-corrected chi connectivity index (χ2v) is 7.75. The summed E-state index contributed by atoms with van der Waals surface area (Å²) in [5.74, 6) is 1.85. The number of benzene rings is 1. The summed E-state index contributed by atoms with van der Waals surface area (Å²) in [4.78, 5) is 14.9. The molecular formula is C19H27BrN2O2. The van der Waals surface area contributed by atoms with Gasteiger partial charge in [0, 0.05) is 29.0 Å². The van der Waals surface area contributed by atoms with Crippen LogP contribution in [0.3, 0.4) is 0 Å². The Bertz CT molecular complexity index is 568. The molecule has 1 saturated carbocycles. The molecule has 1 amide bonds. The highest BCUT2D eigenvalue weighted by Gasteiger charge is 2.33. The number of ether oxygens (including phenoxy) is 1. The summed E-state index contributed by atoms with van der Waals surface area (Å²) >= 11 is 3.54. The van der Waals surface area contributed by atoms with Crippen LogP contribution in [0, 0.1) is 5.92 Å². The number of amides is 1. The molecule has 1 heterocycles. The molecule has 0 bridgehead atoms. The molecule has 1 aromatic rings. The molecule has 3 rings (SSSR count). The van der Waals surface area contributed by atoms with Crippen molar-refractivity contribution in [1.29, 1.82) is 0 Å². The second-order valence-electron chi connectivity index (χ2n) is 6.84. The standard InChI is InChI=1S/C19H27BrN2O2/c1-2-24-18-7-4-16(20)11-15(18)13-22(17-5-6-17)19(23)8-3-14-9-10-21-12-14/h4,7,11,14,17,21H,2-3,5-6,8-10,12-13H2,1H3. The van der Waals surface area contributed by atoms with Crippen molar-refractivity contribution in [3.8, 4) is 5.75 Å². The van der Waals surface area contributed by atoms with Gasteiger partial charge in [0.05, 0.1) is 6.61 Å². The molecule has 0 spiro atoms. The molecule has 24 heavy (non-hydrogen) atoms. The van der Waals surface area contributed by atoms with Crippen LogP contribution in [0.1, 0.15) is 44.6 Å². The second kappa shape index (κ2) is 8.34. The minimum Gasteiger partial charge on any atom is -0.494 e. The summed E-state index contributed by atoms with van der Waals surface area (Å²) in [5, 5.41) is 3.38. The lowest BCUT2D eigenvalue weighted by atomic mass is 10.0. The minimum absolute atomic E-state index is 0.298. The van der Waals surface area contributed by atoms with Gasteiger partial charge in [0.15, 0.2) is 0 Å². The summed E-state index contributed by atoms with van der Waals surface area (Å²) in [6, 6.07) is 6.48. The molecule has 1 unspecified atom stereocenters. The molecule has 1 saturated heterocycles. The number of halogens is 1. The van der Waals surface area contributed by atoms with Crippen LogP contribution in [0.5, 0.6) is 5.75 Å². The molecule has 132 valence electrons. The Morgan fingerprint density at radius 2 is 2.21 bits per heavy atom. The molecule has 1 N–H and O–H groups in total. The largest absolute Gasteiger partial charge is 0.494 e. The molecule has 0 radical (unpaired) electrons. The van der Waals surface area contributed by atoms with Crippen molar-refractivity contribution >= 4 is 21.8 Å². The molecule has 1 aliphatic carbocycles. The van der Waals surface area contributed by atoms with Gasteiger partial charge in [-0.2, -0.15) is 0 Å². The number of nitrogens with zero attached hydrogens (tertiary/aromatic N) is 1. The monoisotopic (exact) mass is 394 g/mol. The number of carbonyl (C=O) groups is 1. The molecule has 1 aromatic carbocycles. The molecular weight excluding hydrogens is 368 g/mol. The van der Waals surface area contributed by atoms with E-state index in [4.69, 9.17) is 4.74 Å². The molecule has 0 aromatic heterocycles. The van der Waals surface area contributed by atoms with Gasteiger partial charge in [0.1, 0.15) is 5.75 Å². The summed E-state index contributed by atoms with van der Waals surface area (Å²) in [6.45, 7) is 5.45. The lowest BCUT2D eigenvalue weighted by Crippen LogP contribution is -2.33. The van der Waals surface area contributed by atoms with Crippen LogP contribution in [-0.4, -0.2) is 36.5 Å². The zero-order chi connectivity index (χ0) is 16.9. The van der Waals surface area contributed by atoms with Gasteiger partial charge < -0.3 is 15.0 Å². The van der Waals surface area contributed by atoms with Crippen molar-refractivity contribution in [2.75, 3.05) is 19.7 Å². The van der Waals surface area contributed by atoms with Gasteiger partial charge in [-0.1, -0.05) is 15.9 Å². The minimum atomic E-state index is 0.298. The molecule has 4 nitrogen and oxygen atoms in total. The molecule has 5 heteroatoms. The number of nitrogens with one attached hydrogen (secondary N) is 1. The van der Waals surface area contributed by atoms with Crippen LogP contribution in [0.15, 0.2) is 22.7 Å². The van der Waals surface area contributed by atoms with Crippen molar-refractivity contribution in [2.45, 2.75) is 51.6 Å². The van der Waals surface area contributed by atoms with Crippen molar-refractivity contribution in [3.63, 3.8) is 0 Å². The summed E-state index contributed by atoms with van der Waals surface area (Å²) < 4.78 is 6.78. The van der Waals surface area contributed by atoms with E-state index in [1.54, 1.807) is 0 Å². The normalized spacial score (nSPS) is 20.2. The quantitative estimate of drug-likeness (QED) is 0.730. The van der Waals surface area contributed by atoms with E-state index in [-0.39, 0.29) is 0 Å². The lowest BCUT2D eigenvalue weighted by Gasteiger charge is -2.24. The van der Waals surface area contributed by atoms with Gasteiger partial charge in [-0.15, -0.1) is 0 Å². The van der Waals surface area contributed by atoms with Gasteiger partial charge in [0.2, 0.25) is 5.91 Å². The van der Waals surface area contributed by atoms with E-state index in [2.05, 4.69) is 32.2 Å². The number of carbonyl (C=O) groups excluding carboxylic acids is 1. The van der Waals surface area contributed by atoms with E-state index in [9.17, 15) is 4.79 Å². The Hall–Kier alpha value is -1.07. The van der Waals surface area contributed by atoms with E-state index in [0.717, 1.165) is 48.1 Å². The third kappa shape index (κ3) is 4.73. The predicted octanol–water partition coefficient (Wildman–Crippen LogP) is 3.73. The molecule has 2 aliphatic rings. The predicted molar refractivity (Wildman–Crippen MR) is 99.1 cm³/mol. The fourth-order valence-electron chi connectivity index (χ4n) is 3.39. The number of hydrogen-bond acceptors (Lipinski definition) is 3. The number of rotatable bonds is 8. The SMILES string of the molecule is CCOc1ccc(Br)cc1CN(C(=O)CCC1CCNC1)C1CC1. The topological polar surface area (TPSA) is 41.6 Å². The average molecular weight is 395 g/mol. The van der Waals surface area contributed by atoms with E-state index >= 15 is 0 Å². The summed E-state index contributed by atoms with van der Waals surface area (Å²) in [6.07, 6.45) is 5.15. The smallest absolute Gasteiger partial charge is 0.223 e. The maximum Gasteiger partial charge on any atom is 0.223 e. The fraction of sp³-hybridized carbons (Fsp3) is 0.632. The van der Waals surface area contributed by atoms with Gasteiger partial charge >= 0.3 is 0 Å². The number of hydrogen-bond donors (Lipinski definition) is 1. The van der Waals surface area contributed by atoms with E-state index < -0.39 is 0 Å². The third-order valence-corrected chi connectivity index (χ3v) is 5.39. The van der Waals surface area contributed by atoms with E-state index in [1.165, 1.54) is 6.42 Å². The first-order valence-corrected chi connectivity index (χ1v) is 9.88. The molecule has 1 aliphatic heterocycles. The van der Waals surface area contributed by atoms with E-state index in [0.29, 0.717) is 37.4 Å². The van der Waals surface area contributed by atoms with Gasteiger partial charge in [-0.25, -0.2) is 0 Å². The van der Waals surface area contributed by atoms with E-state index in [1.807, 2.05) is 19.1 Å². The lowest BCUT2D eigenvalue weighted by molar-refractivity contribution is -0.132. The molecule has 2 fully saturated rings. The van der Waals surface area contributed by atoms with Crippen LogP contribution >= 0.6 is 15.9 Å². The van der Waals surface area contributed by atoms with Crippen molar-refractivity contribution in [2.24, 2.45) is 5.92 Å². The Labute approximate surface area is 153 Å². The van der Waals surface area contributed by atoms with Gasteiger partial charge in [-0.05, 0) is 69.8 Å². The maximum atomic E-state index is 12.8. The Morgan fingerprint density at radius 3 is 2.88 bits per heavy atom. The molecule has 1 atom stereocenters. The van der Waals surface area contributed by atoms with Crippen LogP contribution in [0.25, 0.3) is 0 Å². The highest BCUT2D eigenvalue weighted by molar-refractivity contribution is 9.10. The summed E-state index contributed by atoms with van der Waals surface area (Å²) in [5.41, 5.74) is 1.09. The van der Waals surface area contributed by atoms with Crippen LogP contribution in [0.4, 0.5) is 0 Å². The summed E-state index contributed by atoms with van der Waals surface area (Å²) in [7, 11) is 0.